The van der Waals surface area contributed by atoms with Crippen LogP contribution in [0.5, 0.6) is 0 Å². The van der Waals surface area contributed by atoms with Crippen LogP contribution in [-0.2, 0) is 0 Å². The number of thiophene rings is 1. The Morgan fingerprint density at radius 2 is 2.06 bits per heavy atom. The molecule has 0 bridgehead atoms. The average Bonchev–Trinajstić information content (AvgIpc) is 2.68. The lowest BCUT2D eigenvalue weighted by Crippen LogP contribution is -2.20. The van der Waals surface area contributed by atoms with Gasteiger partial charge in [-0.25, -0.2) is 4.98 Å². The minimum Gasteiger partial charge on any atom is -0.544 e. The van der Waals surface area contributed by atoms with Gasteiger partial charge in [0.15, 0.2) is 0 Å². The van der Waals surface area contributed by atoms with Gasteiger partial charge in [0, 0.05) is 10.8 Å². The highest BCUT2D eigenvalue weighted by Gasteiger charge is 2.05. The van der Waals surface area contributed by atoms with E-state index in [2.05, 4.69) is 4.98 Å². The van der Waals surface area contributed by atoms with Crippen LogP contribution < -0.4 is 5.11 Å². The lowest BCUT2D eigenvalue weighted by atomic mass is 10.1. The molecule has 0 aliphatic heterocycles. The highest BCUT2D eigenvalue weighted by Crippen LogP contribution is 2.27. The van der Waals surface area contributed by atoms with Crippen molar-refractivity contribution >= 4 is 38.4 Å². The van der Waals surface area contributed by atoms with Gasteiger partial charge in [-0.3, -0.25) is 0 Å². The maximum Gasteiger partial charge on any atom is 0.124 e. The monoisotopic (exact) mass is 242 g/mol. The number of hydrogen-bond donors (Lipinski definition) is 0. The zero-order valence-corrected chi connectivity index (χ0v) is 9.88. The number of carboxylic acids is 1. The number of nitrogens with zero attached hydrogens (tertiary/aromatic N) is 1. The molecule has 2 aromatic heterocycles. The minimum atomic E-state index is -1.15. The molecule has 3 aromatic rings. The summed E-state index contributed by atoms with van der Waals surface area (Å²) in [6, 6.07) is 9.57. The van der Waals surface area contributed by atoms with E-state index in [-0.39, 0.29) is 4.88 Å². The Bertz CT molecular complexity index is 746. The first-order valence-corrected chi connectivity index (χ1v) is 5.97. The Hall–Kier alpha value is -1.94. The average molecular weight is 242 g/mol. The number of aryl methyl sites for hydroxylation is 1. The molecule has 0 saturated heterocycles. The fourth-order valence-corrected chi connectivity index (χ4v) is 2.69. The van der Waals surface area contributed by atoms with Crippen LogP contribution in [0.1, 0.15) is 15.2 Å². The van der Waals surface area contributed by atoms with E-state index in [0.717, 1.165) is 38.0 Å². The van der Waals surface area contributed by atoms with Gasteiger partial charge >= 0.3 is 0 Å². The Labute approximate surface area is 101 Å². The van der Waals surface area contributed by atoms with Gasteiger partial charge in [-0.15, -0.1) is 11.3 Å². The first-order chi connectivity index (χ1) is 8.13. The number of carbonyl (C=O) groups excluding carboxylic acids is 1. The Morgan fingerprint density at radius 1 is 1.24 bits per heavy atom. The summed E-state index contributed by atoms with van der Waals surface area (Å²) >= 11 is 1.15. The number of carbonyl (C=O) groups is 1. The third-order valence-electron chi connectivity index (χ3n) is 2.66. The quantitative estimate of drug-likeness (QED) is 0.656. The van der Waals surface area contributed by atoms with E-state index in [1.165, 1.54) is 0 Å². The summed E-state index contributed by atoms with van der Waals surface area (Å²) in [5, 5.41) is 12.7. The minimum absolute atomic E-state index is 0.222. The molecular weight excluding hydrogens is 234 g/mol. The summed E-state index contributed by atoms with van der Waals surface area (Å²) < 4.78 is 0. The summed E-state index contributed by atoms with van der Waals surface area (Å²) in [6.07, 6.45) is 0. The molecule has 0 N–H and O–H groups in total. The fraction of sp³-hybridized carbons (Fsp3) is 0.0769. The van der Waals surface area contributed by atoms with Crippen LogP contribution in [0.2, 0.25) is 0 Å². The number of benzene rings is 1. The molecule has 1 aromatic carbocycles. The lowest BCUT2D eigenvalue weighted by molar-refractivity contribution is -0.254. The number of hydrogen-bond acceptors (Lipinski definition) is 4. The summed E-state index contributed by atoms with van der Waals surface area (Å²) in [6.45, 7) is 2.01. The number of rotatable bonds is 1. The molecule has 0 atom stereocenters. The molecule has 0 spiro atoms. The predicted octanol–water partition coefficient (Wildman–Crippen LogP) is 2.12. The van der Waals surface area contributed by atoms with Crippen molar-refractivity contribution in [3.8, 4) is 0 Å². The first kappa shape index (κ1) is 10.2. The number of aromatic nitrogens is 1. The first-order valence-electron chi connectivity index (χ1n) is 5.16. The van der Waals surface area contributed by atoms with Gasteiger partial charge in [0.1, 0.15) is 4.83 Å². The lowest BCUT2D eigenvalue weighted by Gasteiger charge is -1.98. The van der Waals surface area contributed by atoms with Crippen molar-refractivity contribution in [3.05, 3.63) is 40.8 Å². The van der Waals surface area contributed by atoms with Crippen LogP contribution >= 0.6 is 11.3 Å². The smallest absolute Gasteiger partial charge is 0.124 e. The van der Waals surface area contributed by atoms with Gasteiger partial charge in [0.05, 0.1) is 16.4 Å². The molecule has 0 saturated carbocycles. The second-order valence-electron chi connectivity index (χ2n) is 3.98. The Kier molecular flexibility index (Phi) is 2.12. The number of aromatic carboxylic acids is 1. The van der Waals surface area contributed by atoms with Crippen LogP contribution in [0.3, 0.4) is 0 Å². The zero-order valence-electron chi connectivity index (χ0n) is 9.06. The van der Waals surface area contributed by atoms with E-state index >= 15 is 0 Å². The summed E-state index contributed by atoms with van der Waals surface area (Å²) in [4.78, 5) is 16.2. The fourth-order valence-electron chi connectivity index (χ4n) is 1.84. The van der Waals surface area contributed by atoms with Crippen molar-refractivity contribution < 1.29 is 9.90 Å². The molecule has 0 aliphatic carbocycles. The van der Waals surface area contributed by atoms with E-state index in [9.17, 15) is 9.90 Å². The van der Waals surface area contributed by atoms with Gasteiger partial charge in [0.25, 0.3) is 0 Å². The van der Waals surface area contributed by atoms with Gasteiger partial charge in [-0.05, 0) is 30.7 Å². The highest BCUT2D eigenvalue weighted by atomic mass is 32.1. The molecular formula is C13H8NO2S-. The number of fused-ring (bicyclic) bond motifs is 2. The topological polar surface area (TPSA) is 53.0 Å². The van der Waals surface area contributed by atoms with Gasteiger partial charge in [-0.2, -0.15) is 0 Å². The third-order valence-corrected chi connectivity index (χ3v) is 3.69. The maximum atomic E-state index is 10.8. The molecule has 0 aliphatic rings. The highest BCUT2D eigenvalue weighted by molar-refractivity contribution is 7.20. The van der Waals surface area contributed by atoms with Crippen molar-refractivity contribution in [1.82, 2.24) is 4.98 Å². The van der Waals surface area contributed by atoms with Gasteiger partial charge in [0.2, 0.25) is 0 Å². The van der Waals surface area contributed by atoms with Gasteiger partial charge in [-0.1, -0.05) is 12.1 Å². The van der Waals surface area contributed by atoms with E-state index in [1.54, 1.807) is 6.07 Å². The molecule has 0 amide bonds. The maximum absolute atomic E-state index is 10.8. The van der Waals surface area contributed by atoms with E-state index in [1.807, 2.05) is 31.2 Å². The van der Waals surface area contributed by atoms with Crippen molar-refractivity contribution in [2.45, 2.75) is 6.92 Å². The molecule has 4 heteroatoms. The van der Waals surface area contributed by atoms with Gasteiger partial charge < -0.3 is 9.90 Å². The van der Waals surface area contributed by atoms with Crippen molar-refractivity contribution in [2.24, 2.45) is 0 Å². The molecule has 3 rings (SSSR count). The SMILES string of the molecule is Cc1ccc2cc3cc(C(=O)[O-])sc3nc2c1. The van der Waals surface area contributed by atoms with Crippen LogP contribution in [0.4, 0.5) is 0 Å². The van der Waals surface area contributed by atoms with Crippen LogP contribution in [0, 0.1) is 6.92 Å². The Morgan fingerprint density at radius 3 is 2.82 bits per heavy atom. The van der Waals surface area contributed by atoms with E-state index in [4.69, 9.17) is 0 Å². The standard InChI is InChI=1S/C13H9NO2S/c1-7-2-3-8-5-9-6-11(13(15)16)17-12(9)14-10(8)4-7/h2-6H,1H3,(H,15,16)/p-1. The summed E-state index contributed by atoms with van der Waals surface area (Å²) in [7, 11) is 0. The molecule has 2 heterocycles. The van der Waals surface area contributed by atoms with Crippen molar-refractivity contribution in [3.63, 3.8) is 0 Å². The third kappa shape index (κ3) is 1.66. The van der Waals surface area contributed by atoms with Crippen LogP contribution in [0.15, 0.2) is 30.3 Å². The molecule has 0 unspecified atom stereocenters. The molecule has 17 heavy (non-hydrogen) atoms. The molecule has 0 radical (unpaired) electrons. The van der Waals surface area contributed by atoms with E-state index in [0.29, 0.717) is 0 Å². The summed E-state index contributed by atoms with van der Waals surface area (Å²) in [5.74, 6) is -1.15. The van der Waals surface area contributed by atoms with Crippen molar-refractivity contribution in [1.29, 1.82) is 0 Å². The van der Waals surface area contributed by atoms with E-state index < -0.39 is 5.97 Å². The normalized spacial score (nSPS) is 11.1. The zero-order chi connectivity index (χ0) is 12.0. The van der Waals surface area contributed by atoms with Crippen LogP contribution in [-0.4, -0.2) is 11.0 Å². The molecule has 0 fully saturated rings. The Balaban J connectivity index is 2.36. The summed E-state index contributed by atoms with van der Waals surface area (Å²) in [5.41, 5.74) is 2.03. The molecule has 3 nitrogen and oxygen atoms in total. The van der Waals surface area contributed by atoms with Crippen molar-refractivity contribution in [2.75, 3.05) is 0 Å². The molecule has 84 valence electrons. The second-order valence-corrected chi connectivity index (χ2v) is 5.01. The number of pyridine rings is 1. The van der Waals surface area contributed by atoms with Crippen LogP contribution in [0.25, 0.3) is 21.1 Å². The second kappa shape index (κ2) is 3.53. The number of carboxylic acid groups (broad SMARTS) is 1. The largest absolute Gasteiger partial charge is 0.544 e. The predicted molar refractivity (Wildman–Crippen MR) is 66.2 cm³/mol.